The number of halogens is 1. The molecule has 0 fully saturated rings. The van der Waals surface area contributed by atoms with E-state index in [0.717, 1.165) is 11.0 Å². The highest BCUT2D eigenvalue weighted by Gasteiger charge is 2.25. The number of ether oxygens (including phenoxy) is 1. The van der Waals surface area contributed by atoms with Crippen molar-refractivity contribution < 1.29 is 19.1 Å². The van der Waals surface area contributed by atoms with E-state index in [1.54, 1.807) is 6.92 Å². The van der Waals surface area contributed by atoms with E-state index in [0.29, 0.717) is 0 Å². The fourth-order valence-corrected chi connectivity index (χ4v) is 1.52. The fraction of sp³-hybridized carbons (Fsp3) is 0.333. The molecule has 1 atom stereocenters. The van der Waals surface area contributed by atoms with Crippen LogP contribution >= 0.6 is 0 Å². The number of hydrogen-bond acceptors (Lipinski definition) is 4. The lowest BCUT2D eigenvalue weighted by molar-refractivity contribution is 0.0768. The van der Waals surface area contributed by atoms with E-state index >= 15 is 0 Å². The van der Waals surface area contributed by atoms with Crippen LogP contribution in [0.25, 0.3) is 0 Å². The van der Waals surface area contributed by atoms with Crippen LogP contribution < -0.4 is 10.5 Å². The average molecular weight is 269 g/mol. The molecule has 104 valence electrons. The molecule has 6 nitrogen and oxygen atoms in total. The number of amidine groups is 1. The van der Waals surface area contributed by atoms with Crippen LogP contribution in [0.4, 0.5) is 4.39 Å². The summed E-state index contributed by atoms with van der Waals surface area (Å²) in [7, 11) is 2.77. The first kappa shape index (κ1) is 14.7. The first-order valence-corrected chi connectivity index (χ1v) is 5.51. The number of likely N-dealkylation sites (N-methyl/N-ethyl adjacent to an activating group) is 1. The minimum Gasteiger partial charge on any atom is -0.496 e. The summed E-state index contributed by atoms with van der Waals surface area (Å²) in [5, 5.41) is 11.4. The number of nitrogens with two attached hydrogens (primary N) is 1. The van der Waals surface area contributed by atoms with E-state index in [1.165, 1.54) is 26.3 Å². The second-order valence-corrected chi connectivity index (χ2v) is 3.93. The zero-order valence-corrected chi connectivity index (χ0v) is 10.9. The Morgan fingerprint density at radius 3 is 2.74 bits per heavy atom. The summed E-state index contributed by atoms with van der Waals surface area (Å²) >= 11 is 0. The Kier molecular flexibility index (Phi) is 4.68. The maximum Gasteiger partial charge on any atom is 0.260 e. The lowest BCUT2D eigenvalue weighted by Gasteiger charge is -2.24. The van der Waals surface area contributed by atoms with Crippen molar-refractivity contribution in [1.82, 2.24) is 4.90 Å². The standard InChI is InChI=1S/C12H16FN3O3/c1-7(11(14)15-18)16(2)12(17)10-8(13)5-4-6-9(10)19-3/h4-7,18H,1-3H3,(H2,14,15). The molecule has 1 aromatic rings. The maximum absolute atomic E-state index is 13.8. The van der Waals surface area contributed by atoms with Crippen molar-refractivity contribution in [3.05, 3.63) is 29.6 Å². The third-order valence-corrected chi connectivity index (χ3v) is 2.85. The van der Waals surface area contributed by atoms with Crippen molar-refractivity contribution in [2.75, 3.05) is 14.2 Å². The van der Waals surface area contributed by atoms with Gasteiger partial charge in [-0.3, -0.25) is 4.79 Å². The molecule has 0 heterocycles. The van der Waals surface area contributed by atoms with Crippen molar-refractivity contribution in [3.8, 4) is 5.75 Å². The Morgan fingerprint density at radius 2 is 2.21 bits per heavy atom. The number of benzene rings is 1. The second kappa shape index (κ2) is 6.03. The molecular formula is C12H16FN3O3. The highest BCUT2D eigenvalue weighted by Crippen LogP contribution is 2.23. The van der Waals surface area contributed by atoms with Crippen LogP contribution in [-0.2, 0) is 0 Å². The fourth-order valence-electron chi connectivity index (χ4n) is 1.52. The van der Waals surface area contributed by atoms with E-state index in [-0.39, 0.29) is 17.1 Å². The first-order valence-electron chi connectivity index (χ1n) is 5.51. The van der Waals surface area contributed by atoms with Gasteiger partial charge in [0.2, 0.25) is 0 Å². The Morgan fingerprint density at radius 1 is 1.58 bits per heavy atom. The van der Waals surface area contributed by atoms with Gasteiger partial charge in [0.05, 0.1) is 13.2 Å². The van der Waals surface area contributed by atoms with Crippen LogP contribution in [0.5, 0.6) is 5.75 Å². The number of carbonyl (C=O) groups excluding carboxylic acids is 1. The van der Waals surface area contributed by atoms with Gasteiger partial charge < -0.3 is 20.6 Å². The number of hydrogen-bond donors (Lipinski definition) is 2. The molecule has 1 aromatic carbocycles. The predicted octanol–water partition coefficient (Wildman–Crippen LogP) is 1.04. The Bertz CT molecular complexity index is 505. The van der Waals surface area contributed by atoms with Gasteiger partial charge in [0, 0.05) is 7.05 Å². The Hall–Kier alpha value is -2.31. The molecule has 1 unspecified atom stereocenters. The van der Waals surface area contributed by atoms with Crippen LogP contribution in [0.3, 0.4) is 0 Å². The minimum atomic E-state index is -0.692. The summed E-state index contributed by atoms with van der Waals surface area (Å²) in [4.78, 5) is 13.4. The largest absolute Gasteiger partial charge is 0.496 e. The van der Waals surface area contributed by atoms with Crippen molar-refractivity contribution in [1.29, 1.82) is 0 Å². The zero-order chi connectivity index (χ0) is 14.6. The monoisotopic (exact) mass is 269 g/mol. The van der Waals surface area contributed by atoms with Gasteiger partial charge in [-0.1, -0.05) is 11.2 Å². The van der Waals surface area contributed by atoms with Crippen molar-refractivity contribution in [2.24, 2.45) is 10.9 Å². The number of carbonyl (C=O) groups is 1. The molecule has 0 radical (unpaired) electrons. The number of methoxy groups -OCH3 is 1. The zero-order valence-electron chi connectivity index (χ0n) is 10.9. The molecule has 0 aliphatic rings. The van der Waals surface area contributed by atoms with Gasteiger partial charge in [-0.25, -0.2) is 4.39 Å². The molecule has 3 N–H and O–H groups in total. The van der Waals surface area contributed by atoms with Crippen LogP contribution in [0, 0.1) is 5.82 Å². The molecule has 0 saturated carbocycles. The minimum absolute atomic E-state index is 0.128. The van der Waals surface area contributed by atoms with Gasteiger partial charge in [0.1, 0.15) is 17.1 Å². The lowest BCUT2D eigenvalue weighted by Crippen LogP contribution is -2.44. The number of rotatable bonds is 4. The van der Waals surface area contributed by atoms with Crippen LogP contribution in [0.2, 0.25) is 0 Å². The van der Waals surface area contributed by atoms with E-state index in [9.17, 15) is 9.18 Å². The van der Waals surface area contributed by atoms with E-state index in [2.05, 4.69) is 5.16 Å². The molecule has 19 heavy (non-hydrogen) atoms. The molecule has 7 heteroatoms. The van der Waals surface area contributed by atoms with Crippen molar-refractivity contribution in [3.63, 3.8) is 0 Å². The van der Waals surface area contributed by atoms with Gasteiger partial charge >= 0.3 is 0 Å². The second-order valence-electron chi connectivity index (χ2n) is 3.93. The lowest BCUT2D eigenvalue weighted by atomic mass is 10.1. The van der Waals surface area contributed by atoms with E-state index in [4.69, 9.17) is 15.7 Å². The summed E-state index contributed by atoms with van der Waals surface area (Å²) in [6.45, 7) is 1.56. The molecule has 0 aromatic heterocycles. The molecule has 0 aliphatic heterocycles. The van der Waals surface area contributed by atoms with Crippen molar-refractivity contribution in [2.45, 2.75) is 13.0 Å². The summed E-state index contributed by atoms with van der Waals surface area (Å²) in [6, 6.07) is 3.41. The highest BCUT2D eigenvalue weighted by molar-refractivity contribution is 6.00. The maximum atomic E-state index is 13.8. The summed E-state index contributed by atoms with van der Waals surface area (Å²) in [5.74, 6) is -1.33. The SMILES string of the molecule is COc1cccc(F)c1C(=O)N(C)C(C)C(N)=NO. The molecule has 0 spiro atoms. The van der Waals surface area contributed by atoms with Gasteiger partial charge in [-0.05, 0) is 19.1 Å². The number of amides is 1. The molecule has 0 saturated heterocycles. The van der Waals surface area contributed by atoms with E-state index < -0.39 is 17.8 Å². The Labute approximate surface area is 110 Å². The molecule has 0 aliphatic carbocycles. The van der Waals surface area contributed by atoms with Crippen LogP contribution in [0.1, 0.15) is 17.3 Å². The van der Waals surface area contributed by atoms with Gasteiger partial charge in [-0.2, -0.15) is 0 Å². The van der Waals surface area contributed by atoms with Gasteiger partial charge in [0.25, 0.3) is 5.91 Å². The van der Waals surface area contributed by atoms with Crippen LogP contribution in [-0.4, -0.2) is 42.0 Å². The van der Waals surface area contributed by atoms with E-state index in [1.807, 2.05) is 0 Å². The van der Waals surface area contributed by atoms with Crippen molar-refractivity contribution >= 4 is 11.7 Å². The quantitative estimate of drug-likeness (QED) is 0.370. The topological polar surface area (TPSA) is 88.2 Å². The van der Waals surface area contributed by atoms with Crippen LogP contribution in [0.15, 0.2) is 23.4 Å². The molecule has 1 rings (SSSR count). The predicted molar refractivity (Wildman–Crippen MR) is 67.9 cm³/mol. The summed E-state index contributed by atoms with van der Waals surface area (Å²) in [6.07, 6.45) is 0. The van der Waals surface area contributed by atoms with Gasteiger partial charge in [0.15, 0.2) is 5.84 Å². The first-order chi connectivity index (χ1) is 8.93. The third kappa shape index (κ3) is 2.93. The third-order valence-electron chi connectivity index (χ3n) is 2.85. The normalized spacial score (nSPS) is 12.9. The molecule has 1 amide bonds. The summed E-state index contributed by atoms with van der Waals surface area (Å²) < 4.78 is 18.7. The molecule has 0 bridgehead atoms. The smallest absolute Gasteiger partial charge is 0.260 e. The highest BCUT2D eigenvalue weighted by atomic mass is 19.1. The number of oxime groups is 1. The molecular weight excluding hydrogens is 253 g/mol. The Balaban J connectivity index is 3.14. The summed E-state index contributed by atoms with van der Waals surface area (Å²) in [5.41, 5.74) is 5.23. The number of nitrogens with zero attached hydrogens (tertiary/aromatic N) is 2. The average Bonchev–Trinajstić information content (AvgIpc) is 2.43. The van der Waals surface area contributed by atoms with Gasteiger partial charge in [-0.15, -0.1) is 0 Å².